The Morgan fingerprint density at radius 2 is 1.86 bits per heavy atom. The number of nitrogens with zero attached hydrogens (tertiary/aromatic N) is 2. The SMILES string of the molecule is CC1CCc2ccccc2N1c1ccc(C#N)c(F)c1F. The van der Waals surface area contributed by atoms with Crippen molar-refractivity contribution in [2.45, 2.75) is 25.8 Å². The Hall–Kier alpha value is -2.41. The van der Waals surface area contributed by atoms with E-state index in [0.29, 0.717) is 0 Å². The highest BCUT2D eigenvalue weighted by Crippen LogP contribution is 2.38. The molecule has 1 unspecified atom stereocenters. The van der Waals surface area contributed by atoms with Gasteiger partial charge in [0.1, 0.15) is 6.07 Å². The first kappa shape index (κ1) is 13.6. The Kier molecular flexibility index (Phi) is 3.34. The summed E-state index contributed by atoms with van der Waals surface area (Å²) < 4.78 is 28.2. The highest BCUT2D eigenvalue weighted by molar-refractivity contribution is 5.69. The summed E-state index contributed by atoms with van der Waals surface area (Å²) in [7, 11) is 0. The summed E-state index contributed by atoms with van der Waals surface area (Å²) in [6.45, 7) is 1.99. The molecule has 0 fully saturated rings. The van der Waals surface area contributed by atoms with Crippen LogP contribution in [-0.4, -0.2) is 6.04 Å². The van der Waals surface area contributed by atoms with Crippen molar-refractivity contribution >= 4 is 11.4 Å². The number of nitriles is 1. The maximum absolute atomic E-state index is 14.3. The fraction of sp³-hybridized carbons (Fsp3) is 0.235. The third-order valence-corrected chi connectivity index (χ3v) is 3.97. The zero-order valence-electron chi connectivity index (χ0n) is 11.6. The van der Waals surface area contributed by atoms with E-state index in [2.05, 4.69) is 0 Å². The number of hydrogen-bond acceptors (Lipinski definition) is 2. The van der Waals surface area contributed by atoms with E-state index >= 15 is 0 Å². The molecule has 0 radical (unpaired) electrons. The van der Waals surface area contributed by atoms with E-state index in [1.807, 2.05) is 36.1 Å². The standard InChI is InChI=1S/C17H14F2N2/c1-11-6-7-12-4-2-3-5-14(12)21(11)15-9-8-13(10-20)16(18)17(15)19/h2-5,8-9,11H,6-7H2,1H3. The van der Waals surface area contributed by atoms with Gasteiger partial charge in [-0.1, -0.05) is 18.2 Å². The van der Waals surface area contributed by atoms with Crippen molar-refractivity contribution in [2.24, 2.45) is 0 Å². The summed E-state index contributed by atoms with van der Waals surface area (Å²) in [6, 6.07) is 12.3. The minimum atomic E-state index is -1.08. The molecule has 1 aliphatic heterocycles. The number of halogens is 2. The molecule has 1 aliphatic rings. The summed E-state index contributed by atoms with van der Waals surface area (Å²) in [5, 5.41) is 8.78. The number of hydrogen-bond donors (Lipinski definition) is 0. The van der Waals surface area contributed by atoms with E-state index < -0.39 is 11.6 Å². The molecule has 0 aromatic heterocycles. The molecule has 0 aliphatic carbocycles. The van der Waals surface area contributed by atoms with Gasteiger partial charge in [0.05, 0.1) is 11.3 Å². The van der Waals surface area contributed by atoms with E-state index in [9.17, 15) is 8.78 Å². The highest BCUT2D eigenvalue weighted by Gasteiger charge is 2.27. The van der Waals surface area contributed by atoms with E-state index in [1.165, 1.54) is 12.1 Å². The molecule has 2 aromatic carbocycles. The average molecular weight is 284 g/mol. The van der Waals surface area contributed by atoms with Crippen LogP contribution in [0.1, 0.15) is 24.5 Å². The molecular weight excluding hydrogens is 270 g/mol. The first-order valence-electron chi connectivity index (χ1n) is 6.88. The average Bonchev–Trinajstić information content (AvgIpc) is 2.51. The molecule has 1 atom stereocenters. The molecule has 0 amide bonds. The number of para-hydroxylation sites is 1. The van der Waals surface area contributed by atoms with Crippen molar-refractivity contribution in [2.75, 3.05) is 4.90 Å². The van der Waals surface area contributed by atoms with Gasteiger partial charge in [0.15, 0.2) is 11.6 Å². The molecular formula is C17H14F2N2. The maximum atomic E-state index is 14.3. The minimum absolute atomic E-state index is 0.0711. The van der Waals surface area contributed by atoms with E-state index in [-0.39, 0.29) is 17.3 Å². The second-order valence-corrected chi connectivity index (χ2v) is 5.26. The molecule has 1 heterocycles. The smallest absolute Gasteiger partial charge is 0.183 e. The van der Waals surface area contributed by atoms with Gasteiger partial charge in [-0.2, -0.15) is 5.26 Å². The first-order valence-corrected chi connectivity index (χ1v) is 6.88. The number of benzene rings is 2. The van der Waals surface area contributed by atoms with E-state index in [1.54, 1.807) is 6.07 Å². The fourth-order valence-electron chi connectivity index (χ4n) is 2.87. The van der Waals surface area contributed by atoms with Gasteiger partial charge in [0.25, 0.3) is 0 Å². The molecule has 0 saturated carbocycles. The van der Waals surface area contributed by atoms with Crippen LogP contribution in [0.2, 0.25) is 0 Å². The summed E-state index contributed by atoms with van der Waals surface area (Å²) in [6.07, 6.45) is 1.80. The van der Waals surface area contributed by atoms with Crippen molar-refractivity contribution in [1.29, 1.82) is 5.26 Å². The molecule has 3 rings (SSSR count). The van der Waals surface area contributed by atoms with E-state index in [4.69, 9.17) is 5.26 Å². The van der Waals surface area contributed by atoms with Gasteiger partial charge in [-0.15, -0.1) is 0 Å². The Balaban J connectivity index is 2.17. The van der Waals surface area contributed by atoms with Crippen molar-refractivity contribution in [3.8, 4) is 6.07 Å². The van der Waals surface area contributed by atoms with Crippen LogP contribution in [0.5, 0.6) is 0 Å². The highest BCUT2D eigenvalue weighted by atomic mass is 19.2. The molecule has 0 bridgehead atoms. The van der Waals surface area contributed by atoms with Gasteiger partial charge in [-0.05, 0) is 43.5 Å². The lowest BCUT2D eigenvalue weighted by atomic mass is 9.95. The van der Waals surface area contributed by atoms with Crippen LogP contribution in [-0.2, 0) is 6.42 Å². The van der Waals surface area contributed by atoms with Crippen LogP contribution in [0.15, 0.2) is 36.4 Å². The second kappa shape index (κ2) is 5.17. The molecule has 2 nitrogen and oxygen atoms in total. The van der Waals surface area contributed by atoms with Crippen molar-refractivity contribution in [3.63, 3.8) is 0 Å². The summed E-state index contributed by atoms with van der Waals surface area (Å²) in [5.74, 6) is -2.04. The molecule has 4 heteroatoms. The van der Waals surface area contributed by atoms with Gasteiger partial charge >= 0.3 is 0 Å². The molecule has 0 saturated heterocycles. The van der Waals surface area contributed by atoms with Crippen LogP contribution >= 0.6 is 0 Å². The molecule has 0 N–H and O–H groups in total. The van der Waals surface area contributed by atoms with Crippen LogP contribution < -0.4 is 4.90 Å². The minimum Gasteiger partial charge on any atom is -0.336 e. The zero-order valence-corrected chi connectivity index (χ0v) is 11.6. The molecule has 2 aromatic rings. The lowest BCUT2D eigenvalue weighted by Gasteiger charge is -2.37. The summed E-state index contributed by atoms with van der Waals surface area (Å²) >= 11 is 0. The lowest BCUT2D eigenvalue weighted by molar-refractivity contribution is 0.500. The van der Waals surface area contributed by atoms with Crippen LogP contribution in [0.3, 0.4) is 0 Å². The zero-order chi connectivity index (χ0) is 15.0. The molecule has 21 heavy (non-hydrogen) atoms. The second-order valence-electron chi connectivity index (χ2n) is 5.26. The normalized spacial score (nSPS) is 17.2. The fourth-order valence-corrected chi connectivity index (χ4v) is 2.87. The number of fused-ring (bicyclic) bond motifs is 1. The molecule has 0 spiro atoms. The Morgan fingerprint density at radius 1 is 1.10 bits per heavy atom. The van der Waals surface area contributed by atoms with Crippen molar-refractivity contribution < 1.29 is 8.78 Å². The van der Waals surface area contributed by atoms with Gasteiger partial charge < -0.3 is 4.90 Å². The monoisotopic (exact) mass is 284 g/mol. The van der Waals surface area contributed by atoms with Gasteiger partial charge in [-0.25, -0.2) is 8.78 Å². The molecule has 106 valence electrons. The van der Waals surface area contributed by atoms with Crippen LogP contribution in [0, 0.1) is 23.0 Å². The third kappa shape index (κ3) is 2.15. The van der Waals surface area contributed by atoms with E-state index in [0.717, 1.165) is 24.1 Å². The van der Waals surface area contributed by atoms with Crippen LogP contribution in [0.25, 0.3) is 0 Å². The van der Waals surface area contributed by atoms with Crippen molar-refractivity contribution in [1.82, 2.24) is 0 Å². The largest absolute Gasteiger partial charge is 0.336 e. The maximum Gasteiger partial charge on any atom is 0.183 e. The summed E-state index contributed by atoms with van der Waals surface area (Å²) in [4.78, 5) is 1.82. The quantitative estimate of drug-likeness (QED) is 0.780. The van der Waals surface area contributed by atoms with Gasteiger partial charge in [0.2, 0.25) is 0 Å². The predicted octanol–water partition coefficient (Wildman–Crippen LogP) is 4.31. The summed E-state index contributed by atoms with van der Waals surface area (Å²) in [5.41, 5.74) is 1.94. The van der Waals surface area contributed by atoms with Crippen LogP contribution in [0.4, 0.5) is 20.2 Å². The van der Waals surface area contributed by atoms with Crippen molar-refractivity contribution in [3.05, 3.63) is 59.2 Å². The number of aryl methyl sites for hydroxylation is 1. The Labute approximate surface area is 122 Å². The third-order valence-electron chi connectivity index (χ3n) is 3.97. The number of rotatable bonds is 1. The Bertz CT molecular complexity index is 734. The topological polar surface area (TPSA) is 27.0 Å². The predicted molar refractivity (Wildman–Crippen MR) is 77.4 cm³/mol. The number of anilines is 2. The lowest BCUT2D eigenvalue weighted by Crippen LogP contribution is -2.34. The first-order chi connectivity index (χ1) is 10.1. The Morgan fingerprint density at radius 3 is 2.62 bits per heavy atom. The van der Waals surface area contributed by atoms with Gasteiger partial charge in [0, 0.05) is 11.7 Å². The van der Waals surface area contributed by atoms with Gasteiger partial charge in [-0.3, -0.25) is 0 Å².